The third-order valence-electron chi connectivity index (χ3n) is 2.69. The summed E-state index contributed by atoms with van der Waals surface area (Å²) in [5, 5.41) is 12.6. The third kappa shape index (κ3) is 3.02. The quantitative estimate of drug-likeness (QED) is 0.624. The van der Waals surface area contributed by atoms with Gasteiger partial charge in [0.25, 0.3) is 0 Å². The number of esters is 1. The number of aromatic hydroxyl groups is 1. The number of methoxy groups -OCH3 is 1. The second-order valence-electron chi connectivity index (χ2n) is 4.04. The van der Waals surface area contributed by atoms with Gasteiger partial charge in [-0.3, -0.25) is 5.32 Å². The van der Waals surface area contributed by atoms with Gasteiger partial charge in [-0.25, -0.2) is 4.79 Å². The molecule has 0 aliphatic heterocycles. The third-order valence-corrected chi connectivity index (χ3v) is 2.69. The van der Waals surface area contributed by atoms with Crippen LogP contribution in [-0.4, -0.2) is 24.7 Å². The fourth-order valence-electron chi connectivity index (χ4n) is 1.77. The first-order chi connectivity index (χ1) is 8.51. The average molecular weight is 247 g/mol. The summed E-state index contributed by atoms with van der Waals surface area (Å²) in [5.41, 5.74) is 2.15. The lowest BCUT2D eigenvalue weighted by atomic mass is 10.00. The van der Waals surface area contributed by atoms with E-state index in [2.05, 4.69) is 11.2 Å². The molecule has 0 bridgehead atoms. The van der Waals surface area contributed by atoms with E-state index in [0.717, 1.165) is 5.56 Å². The van der Waals surface area contributed by atoms with Gasteiger partial charge in [0.2, 0.25) is 0 Å². The highest BCUT2D eigenvalue weighted by Crippen LogP contribution is 2.26. The number of hydrogen-bond acceptors (Lipinski definition) is 4. The maximum Gasteiger partial charge on any atom is 0.327 e. The van der Waals surface area contributed by atoms with Crippen LogP contribution in [0.1, 0.15) is 22.7 Å². The average Bonchev–Trinajstić information content (AvgIpc) is 2.35. The lowest BCUT2D eigenvalue weighted by Gasteiger charge is -2.17. The number of ether oxygens (including phenoxy) is 1. The summed E-state index contributed by atoms with van der Waals surface area (Å²) in [6.07, 6.45) is 5.18. The van der Waals surface area contributed by atoms with Crippen LogP contribution in [0.5, 0.6) is 5.75 Å². The molecule has 2 N–H and O–H groups in total. The standard InChI is InChI=1S/C14H17NO3/c1-5-6-15-12(14(17)18-4)11-7-9(2)13(16)10(3)8-11/h1,7-8,12,15-16H,6H2,2-4H3. The summed E-state index contributed by atoms with van der Waals surface area (Å²) in [6, 6.07) is 2.87. The molecule has 1 aromatic carbocycles. The maximum absolute atomic E-state index is 11.7. The molecule has 0 aliphatic rings. The van der Waals surface area contributed by atoms with Gasteiger partial charge in [0, 0.05) is 0 Å². The van der Waals surface area contributed by atoms with E-state index >= 15 is 0 Å². The first kappa shape index (κ1) is 14.1. The summed E-state index contributed by atoms with van der Waals surface area (Å²) in [7, 11) is 1.33. The first-order valence-electron chi connectivity index (χ1n) is 5.56. The van der Waals surface area contributed by atoms with Crippen LogP contribution >= 0.6 is 0 Å². The number of carbonyl (C=O) groups is 1. The van der Waals surface area contributed by atoms with Crippen molar-refractivity contribution in [3.8, 4) is 18.1 Å². The Bertz CT molecular complexity index is 465. The second-order valence-corrected chi connectivity index (χ2v) is 4.04. The van der Waals surface area contributed by atoms with Crippen molar-refractivity contribution in [3.63, 3.8) is 0 Å². The topological polar surface area (TPSA) is 58.6 Å². The van der Waals surface area contributed by atoms with Gasteiger partial charge in [-0.2, -0.15) is 0 Å². The van der Waals surface area contributed by atoms with Crippen LogP contribution in [0.3, 0.4) is 0 Å². The van der Waals surface area contributed by atoms with Gasteiger partial charge in [0.05, 0.1) is 13.7 Å². The van der Waals surface area contributed by atoms with E-state index in [1.807, 2.05) is 0 Å². The molecule has 1 aromatic rings. The first-order valence-corrected chi connectivity index (χ1v) is 5.56. The van der Waals surface area contributed by atoms with Crippen LogP contribution in [0.25, 0.3) is 0 Å². The number of carbonyl (C=O) groups excluding carboxylic acids is 1. The fraction of sp³-hybridized carbons (Fsp3) is 0.357. The van der Waals surface area contributed by atoms with E-state index in [1.54, 1.807) is 26.0 Å². The number of phenols is 1. The monoisotopic (exact) mass is 247 g/mol. The molecule has 18 heavy (non-hydrogen) atoms. The van der Waals surface area contributed by atoms with Crippen LogP contribution in [0.4, 0.5) is 0 Å². The largest absolute Gasteiger partial charge is 0.507 e. The van der Waals surface area contributed by atoms with Crippen molar-refractivity contribution >= 4 is 5.97 Å². The highest BCUT2D eigenvalue weighted by molar-refractivity contribution is 5.78. The molecule has 96 valence electrons. The van der Waals surface area contributed by atoms with E-state index in [4.69, 9.17) is 11.2 Å². The minimum Gasteiger partial charge on any atom is -0.507 e. The lowest BCUT2D eigenvalue weighted by Crippen LogP contribution is -2.30. The van der Waals surface area contributed by atoms with Crippen LogP contribution in [0, 0.1) is 26.2 Å². The molecular formula is C14H17NO3. The zero-order valence-corrected chi connectivity index (χ0v) is 10.8. The second kappa shape index (κ2) is 6.08. The Morgan fingerprint density at radius 1 is 1.50 bits per heavy atom. The van der Waals surface area contributed by atoms with Gasteiger partial charge in [-0.1, -0.05) is 18.1 Å². The predicted molar refractivity (Wildman–Crippen MR) is 69.2 cm³/mol. The Labute approximate surface area is 107 Å². The van der Waals surface area contributed by atoms with Gasteiger partial charge in [-0.15, -0.1) is 6.42 Å². The van der Waals surface area contributed by atoms with Crippen molar-refractivity contribution in [1.29, 1.82) is 0 Å². The minimum absolute atomic E-state index is 0.235. The molecular weight excluding hydrogens is 230 g/mol. The van der Waals surface area contributed by atoms with Crippen molar-refractivity contribution in [3.05, 3.63) is 28.8 Å². The van der Waals surface area contributed by atoms with Crippen LogP contribution in [0.15, 0.2) is 12.1 Å². The van der Waals surface area contributed by atoms with Crippen molar-refractivity contribution in [2.45, 2.75) is 19.9 Å². The van der Waals surface area contributed by atoms with E-state index in [1.165, 1.54) is 7.11 Å². The number of aryl methyl sites for hydroxylation is 2. The molecule has 0 fully saturated rings. The molecule has 4 nitrogen and oxygen atoms in total. The molecule has 0 saturated heterocycles. The molecule has 0 aromatic heterocycles. The Kier molecular flexibility index (Phi) is 4.75. The van der Waals surface area contributed by atoms with Gasteiger partial charge in [0.1, 0.15) is 11.8 Å². The highest BCUT2D eigenvalue weighted by atomic mass is 16.5. The summed E-state index contributed by atoms with van der Waals surface area (Å²) >= 11 is 0. The van der Waals surface area contributed by atoms with Crippen LogP contribution in [-0.2, 0) is 9.53 Å². The van der Waals surface area contributed by atoms with Gasteiger partial charge >= 0.3 is 5.97 Å². The molecule has 1 atom stereocenters. The molecule has 1 unspecified atom stereocenters. The normalized spacial score (nSPS) is 11.7. The Hall–Kier alpha value is -1.99. The molecule has 0 aliphatic carbocycles. The zero-order chi connectivity index (χ0) is 13.7. The molecule has 0 spiro atoms. The number of rotatable bonds is 4. The number of hydrogen-bond donors (Lipinski definition) is 2. The molecule has 0 amide bonds. The van der Waals surface area contributed by atoms with Gasteiger partial charge in [-0.05, 0) is 30.5 Å². The molecule has 0 heterocycles. The van der Waals surface area contributed by atoms with Crippen LogP contribution < -0.4 is 5.32 Å². The van der Waals surface area contributed by atoms with E-state index in [-0.39, 0.29) is 12.3 Å². The van der Waals surface area contributed by atoms with Crippen molar-refractivity contribution in [2.24, 2.45) is 0 Å². The van der Waals surface area contributed by atoms with E-state index in [9.17, 15) is 9.90 Å². The molecule has 0 radical (unpaired) electrons. The van der Waals surface area contributed by atoms with Crippen molar-refractivity contribution in [1.82, 2.24) is 5.32 Å². The van der Waals surface area contributed by atoms with Gasteiger partial charge < -0.3 is 9.84 Å². The van der Waals surface area contributed by atoms with Gasteiger partial charge in [0.15, 0.2) is 0 Å². The fourth-order valence-corrected chi connectivity index (χ4v) is 1.77. The summed E-state index contributed by atoms with van der Waals surface area (Å²) in [6.45, 7) is 3.82. The van der Waals surface area contributed by atoms with Crippen molar-refractivity contribution in [2.75, 3.05) is 13.7 Å². The summed E-state index contributed by atoms with van der Waals surface area (Å²) in [4.78, 5) is 11.7. The predicted octanol–water partition coefficient (Wildman–Crippen LogP) is 1.45. The molecule has 0 saturated carbocycles. The Morgan fingerprint density at radius 3 is 2.50 bits per heavy atom. The van der Waals surface area contributed by atoms with E-state index < -0.39 is 12.0 Å². The number of phenolic OH excluding ortho intramolecular Hbond substituents is 1. The molecule has 4 heteroatoms. The Balaban J connectivity index is 3.13. The summed E-state index contributed by atoms with van der Waals surface area (Å²) < 4.78 is 4.74. The Morgan fingerprint density at radius 2 is 2.06 bits per heavy atom. The zero-order valence-electron chi connectivity index (χ0n) is 10.8. The smallest absolute Gasteiger partial charge is 0.327 e. The number of nitrogens with one attached hydrogen (secondary N) is 1. The van der Waals surface area contributed by atoms with E-state index in [0.29, 0.717) is 11.1 Å². The maximum atomic E-state index is 11.7. The summed E-state index contributed by atoms with van der Waals surface area (Å²) in [5.74, 6) is 2.25. The number of terminal acetylenes is 1. The molecule has 1 rings (SSSR count). The minimum atomic E-state index is -0.621. The van der Waals surface area contributed by atoms with Crippen molar-refractivity contribution < 1.29 is 14.6 Å². The van der Waals surface area contributed by atoms with Crippen LogP contribution in [0.2, 0.25) is 0 Å². The highest BCUT2D eigenvalue weighted by Gasteiger charge is 2.21. The SMILES string of the molecule is C#CCNC(C(=O)OC)c1cc(C)c(O)c(C)c1. The lowest BCUT2D eigenvalue weighted by molar-refractivity contribution is -0.143. The number of benzene rings is 1.